The Labute approximate surface area is 101 Å². The molecule has 18 heavy (non-hydrogen) atoms. The summed E-state index contributed by atoms with van der Waals surface area (Å²) in [7, 11) is 2.79. The van der Waals surface area contributed by atoms with E-state index in [1.54, 1.807) is 0 Å². The van der Waals surface area contributed by atoms with Crippen LogP contribution in [-0.2, 0) is 6.18 Å². The molecule has 0 radical (unpaired) electrons. The normalized spacial score (nSPS) is 11.2. The summed E-state index contributed by atoms with van der Waals surface area (Å²) >= 11 is 0. The summed E-state index contributed by atoms with van der Waals surface area (Å²) in [4.78, 5) is 23.7. The van der Waals surface area contributed by atoms with Gasteiger partial charge in [0.1, 0.15) is 0 Å². The summed E-state index contributed by atoms with van der Waals surface area (Å²) in [5.74, 6) is -1.66. The van der Waals surface area contributed by atoms with Crippen LogP contribution >= 0.6 is 0 Å². The molecule has 0 bridgehead atoms. The van der Waals surface area contributed by atoms with Gasteiger partial charge < -0.3 is 10.6 Å². The second-order valence-electron chi connectivity index (χ2n) is 3.86. The highest BCUT2D eigenvalue weighted by Crippen LogP contribution is 2.30. The average Bonchev–Trinajstić information content (AvgIpc) is 2.26. The van der Waals surface area contributed by atoms with Crippen molar-refractivity contribution < 1.29 is 22.8 Å². The van der Waals surface area contributed by atoms with Gasteiger partial charge in [0.2, 0.25) is 5.91 Å². The third kappa shape index (κ3) is 2.99. The molecule has 1 rings (SSSR count). The SMILES string of the molecule is CN(C)C(=O)c1cc(C(N)=O)cc(C(F)(F)F)c1. The first-order valence-electron chi connectivity index (χ1n) is 4.86. The van der Waals surface area contributed by atoms with Gasteiger partial charge in [-0.25, -0.2) is 0 Å². The second kappa shape index (κ2) is 4.67. The van der Waals surface area contributed by atoms with Gasteiger partial charge in [0.05, 0.1) is 5.56 Å². The van der Waals surface area contributed by atoms with Crippen LogP contribution in [0.3, 0.4) is 0 Å². The summed E-state index contributed by atoms with van der Waals surface area (Å²) in [6.07, 6.45) is -4.65. The van der Waals surface area contributed by atoms with Crippen LogP contribution in [0, 0.1) is 0 Å². The molecule has 0 heterocycles. The molecule has 0 spiro atoms. The number of alkyl halides is 3. The van der Waals surface area contributed by atoms with Crippen LogP contribution in [0.25, 0.3) is 0 Å². The van der Waals surface area contributed by atoms with Crippen LogP contribution < -0.4 is 5.73 Å². The molecule has 98 valence electrons. The first kappa shape index (κ1) is 14.0. The predicted octanol–water partition coefficient (Wildman–Crippen LogP) is 1.51. The van der Waals surface area contributed by atoms with E-state index in [1.165, 1.54) is 14.1 Å². The Bertz CT molecular complexity index is 496. The molecule has 2 N–H and O–H groups in total. The standard InChI is InChI=1S/C11H11F3N2O2/c1-16(2)10(18)7-3-6(9(15)17)4-8(5-7)11(12,13)14/h3-5H,1-2H3,(H2,15,17). The maximum atomic E-state index is 12.6. The number of rotatable bonds is 2. The highest BCUT2D eigenvalue weighted by Gasteiger charge is 2.32. The number of halogens is 3. The quantitative estimate of drug-likeness (QED) is 0.876. The Morgan fingerprint density at radius 2 is 1.61 bits per heavy atom. The van der Waals surface area contributed by atoms with Crippen LogP contribution in [0.1, 0.15) is 26.3 Å². The molecule has 0 aliphatic rings. The average molecular weight is 260 g/mol. The van der Waals surface area contributed by atoms with Crippen LogP contribution in [0.2, 0.25) is 0 Å². The van der Waals surface area contributed by atoms with Crippen molar-refractivity contribution in [2.24, 2.45) is 5.73 Å². The van der Waals surface area contributed by atoms with Crippen molar-refractivity contribution in [3.05, 3.63) is 34.9 Å². The molecule has 0 fully saturated rings. The largest absolute Gasteiger partial charge is 0.416 e. The Morgan fingerprint density at radius 3 is 2.00 bits per heavy atom. The minimum atomic E-state index is -4.65. The molecule has 0 atom stereocenters. The number of hydrogen-bond donors (Lipinski definition) is 1. The first-order valence-corrected chi connectivity index (χ1v) is 4.86. The van der Waals surface area contributed by atoms with Gasteiger partial charge in [-0.3, -0.25) is 9.59 Å². The van der Waals surface area contributed by atoms with Crippen molar-refractivity contribution in [1.29, 1.82) is 0 Å². The zero-order valence-corrected chi connectivity index (χ0v) is 9.71. The summed E-state index contributed by atoms with van der Waals surface area (Å²) in [6, 6.07) is 2.35. The lowest BCUT2D eigenvalue weighted by Gasteiger charge is -2.14. The Hall–Kier alpha value is -2.05. The summed E-state index contributed by atoms with van der Waals surface area (Å²) < 4.78 is 37.8. The van der Waals surface area contributed by atoms with E-state index in [9.17, 15) is 22.8 Å². The number of amides is 2. The van der Waals surface area contributed by atoms with Gasteiger partial charge in [0.15, 0.2) is 0 Å². The van der Waals surface area contributed by atoms with E-state index in [0.717, 1.165) is 11.0 Å². The molecule has 0 saturated heterocycles. The molecule has 0 aliphatic heterocycles. The van der Waals surface area contributed by atoms with E-state index in [-0.39, 0.29) is 11.1 Å². The summed E-state index contributed by atoms with van der Waals surface area (Å²) in [5.41, 5.74) is 3.28. The zero-order chi connectivity index (χ0) is 14.1. The van der Waals surface area contributed by atoms with E-state index < -0.39 is 23.6 Å². The van der Waals surface area contributed by atoms with E-state index in [2.05, 4.69) is 0 Å². The van der Waals surface area contributed by atoms with Crippen LogP contribution in [0.5, 0.6) is 0 Å². The van der Waals surface area contributed by atoms with Crippen molar-refractivity contribution in [3.63, 3.8) is 0 Å². The van der Waals surface area contributed by atoms with Gasteiger partial charge in [-0.05, 0) is 18.2 Å². The summed E-state index contributed by atoms with van der Waals surface area (Å²) in [5, 5.41) is 0. The number of nitrogens with two attached hydrogens (primary N) is 1. The number of benzene rings is 1. The monoisotopic (exact) mass is 260 g/mol. The van der Waals surface area contributed by atoms with E-state index in [1.807, 2.05) is 0 Å². The first-order chi connectivity index (χ1) is 8.12. The Balaban J connectivity index is 3.41. The molecule has 4 nitrogen and oxygen atoms in total. The van der Waals surface area contributed by atoms with Gasteiger partial charge in [-0.15, -0.1) is 0 Å². The van der Waals surface area contributed by atoms with Crippen molar-refractivity contribution >= 4 is 11.8 Å². The van der Waals surface area contributed by atoms with Crippen LogP contribution in [0.4, 0.5) is 13.2 Å². The van der Waals surface area contributed by atoms with Gasteiger partial charge in [0.25, 0.3) is 5.91 Å². The van der Waals surface area contributed by atoms with E-state index in [4.69, 9.17) is 5.73 Å². The molecule has 0 saturated carbocycles. The maximum absolute atomic E-state index is 12.6. The maximum Gasteiger partial charge on any atom is 0.416 e. The Morgan fingerprint density at radius 1 is 1.11 bits per heavy atom. The highest BCUT2D eigenvalue weighted by molar-refractivity contribution is 5.99. The predicted molar refractivity (Wildman–Crippen MR) is 58.0 cm³/mol. The number of carbonyl (C=O) groups is 2. The molecule has 0 aromatic heterocycles. The van der Waals surface area contributed by atoms with Gasteiger partial charge in [-0.1, -0.05) is 0 Å². The molecular weight excluding hydrogens is 249 g/mol. The number of nitrogens with zero attached hydrogens (tertiary/aromatic N) is 1. The lowest BCUT2D eigenvalue weighted by atomic mass is 10.0. The zero-order valence-electron chi connectivity index (χ0n) is 9.71. The highest BCUT2D eigenvalue weighted by atomic mass is 19.4. The molecular formula is C11H11F3N2O2. The molecule has 0 unspecified atom stereocenters. The van der Waals surface area contributed by atoms with Crippen molar-refractivity contribution in [3.8, 4) is 0 Å². The van der Waals surface area contributed by atoms with E-state index >= 15 is 0 Å². The minimum absolute atomic E-state index is 0.233. The fourth-order valence-electron chi connectivity index (χ4n) is 1.32. The lowest BCUT2D eigenvalue weighted by molar-refractivity contribution is -0.137. The fraction of sp³-hybridized carbons (Fsp3) is 0.273. The molecule has 2 amide bonds. The third-order valence-corrected chi connectivity index (χ3v) is 2.20. The molecule has 0 aliphatic carbocycles. The van der Waals surface area contributed by atoms with Crippen molar-refractivity contribution in [2.75, 3.05) is 14.1 Å². The molecule has 1 aromatic rings. The number of carbonyl (C=O) groups excluding carboxylic acids is 2. The number of primary amides is 1. The minimum Gasteiger partial charge on any atom is -0.366 e. The van der Waals surface area contributed by atoms with E-state index in [0.29, 0.717) is 12.1 Å². The molecule has 7 heteroatoms. The van der Waals surface area contributed by atoms with Crippen molar-refractivity contribution in [2.45, 2.75) is 6.18 Å². The van der Waals surface area contributed by atoms with Crippen LogP contribution in [0.15, 0.2) is 18.2 Å². The third-order valence-electron chi connectivity index (χ3n) is 2.20. The van der Waals surface area contributed by atoms with Crippen molar-refractivity contribution in [1.82, 2.24) is 4.90 Å². The second-order valence-corrected chi connectivity index (χ2v) is 3.86. The Kier molecular flexibility index (Phi) is 3.64. The smallest absolute Gasteiger partial charge is 0.366 e. The van der Waals surface area contributed by atoms with Crippen LogP contribution in [-0.4, -0.2) is 30.8 Å². The topological polar surface area (TPSA) is 63.4 Å². The van der Waals surface area contributed by atoms with Gasteiger partial charge in [-0.2, -0.15) is 13.2 Å². The van der Waals surface area contributed by atoms with Gasteiger partial charge >= 0.3 is 6.18 Å². The number of hydrogen-bond acceptors (Lipinski definition) is 2. The lowest BCUT2D eigenvalue weighted by Crippen LogP contribution is -2.23. The van der Waals surface area contributed by atoms with Gasteiger partial charge in [0, 0.05) is 25.2 Å². The summed E-state index contributed by atoms with van der Waals surface area (Å²) in [6.45, 7) is 0. The fourth-order valence-corrected chi connectivity index (χ4v) is 1.32. The molecule has 1 aromatic carbocycles.